The average molecular weight is 482 g/mol. The van der Waals surface area contributed by atoms with Crippen LogP contribution in [0.25, 0.3) is 44.2 Å². The maximum absolute atomic E-state index is 13.7. The third-order valence-corrected chi connectivity index (χ3v) is 6.32. The molecule has 0 bridgehead atoms. The molecule has 0 atom stereocenters. The molecule has 170 valence electrons. The number of rotatable bonds is 5. The van der Waals surface area contributed by atoms with Crippen molar-refractivity contribution < 1.29 is 22.5 Å². The van der Waals surface area contributed by atoms with E-state index in [0.717, 1.165) is 5.39 Å². The number of hydrogen-bond acceptors (Lipinski definition) is 6. The van der Waals surface area contributed by atoms with E-state index in [-0.39, 0.29) is 28.7 Å². The Morgan fingerprint density at radius 1 is 1.06 bits per heavy atom. The molecule has 0 radical (unpaired) electrons. The zero-order chi connectivity index (χ0) is 23.9. The predicted octanol–water partition coefficient (Wildman–Crippen LogP) is 6.40. The molecule has 2 aromatic carbocycles. The smallest absolute Gasteiger partial charge is 0.338 e. The predicted molar refractivity (Wildman–Crippen MR) is 120 cm³/mol. The highest BCUT2D eigenvalue weighted by molar-refractivity contribution is 7.16. The molecule has 34 heavy (non-hydrogen) atoms. The highest BCUT2D eigenvalue weighted by Crippen LogP contribution is 2.45. The van der Waals surface area contributed by atoms with Crippen LogP contribution < -0.4 is 0 Å². The van der Waals surface area contributed by atoms with Crippen LogP contribution in [-0.4, -0.2) is 20.6 Å². The summed E-state index contributed by atoms with van der Waals surface area (Å²) < 4.78 is 47.9. The van der Waals surface area contributed by atoms with Gasteiger partial charge >= 0.3 is 12.1 Å². The molecule has 3 heterocycles. The summed E-state index contributed by atoms with van der Waals surface area (Å²) in [5, 5.41) is 7.09. The molecule has 7 nitrogen and oxygen atoms in total. The SMILES string of the molecule is O=NC(=O)Cn1ccc2cc(-c3noc(-c4cc(-c5ccccc5)c(C(F)(F)F)s4)n3)ccc21. The molecule has 0 saturated heterocycles. The Hall–Kier alpha value is -4.12. The van der Waals surface area contributed by atoms with Gasteiger partial charge in [0.05, 0.1) is 4.88 Å². The Kier molecular flexibility index (Phi) is 5.33. The van der Waals surface area contributed by atoms with Gasteiger partial charge in [0.2, 0.25) is 5.82 Å². The van der Waals surface area contributed by atoms with Gasteiger partial charge in [-0.25, -0.2) is 0 Å². The number of hydrogen-bond donors (Lipinski definition) is 0. The van der Waals surface area contributed by atoms with Crippen LogP contribution in [0.1, 0.15) is 4.88 Å². The fraction of sp³-hybridized carbons (Fsp3) is 0.0870. The van der Waals surface area contributed by atoms with E-state index in [9.17, 15) is 22.9 Å². The fourth-order valence-electron chi connectivity index (χ4n) is 3.63. The minimum Gasteiger partial charge on any atom is -0.338 e. The van der Waals surface area contributed by atoms with Gasteiger partial charge in [0, 0.05) is 33.4 Å². The van der Waals surface area contributed by atoms with Crippen LogP contribution in [0, 0.1) is 4.91 Å². The van der Waals surface area contributed by atoms with E-state index >= 15 is 0 Å². The Labute approximate surface area is 193 Å². The molecule has 5 rings (SSSR count). The van der Waals surface area contributed by atoms with Crippen molar-refractivity contribution in [2.45, 2.75) is 12.7 Å². The Morgan fingerprint density at radius 2 is 1.85 bits per heavy atom. The molecule has 0 unspecified atom stereocenters. The minimum absolute atomic E-state index is 0.0204. The third-order valence-electron chi connectivity index (χ3n) is 5.15. The number of thiophene rings is 1. The number of amides is 1. The van der Waals surface area contributed by atoms with E-state index in [1.54, 1.807) is 65.4 Å². The van der Waals surface area contributed by atoms with Crippen LogP contribution in [0.5, 0.6) is 0 Å². The van der Waals surface area contributed by atoms with Gasteiger partial charge in [0.25, 0.3) is 5.89 Å². The van der Waals surface area contributed by atoms with E-state index in [0.29, 0.717) is 28.0 Å². The monoisotopic (exact) mass is 482 g/mol. The van der Waals surface area contributed by atoms with E-state index in [2.05, 4.69) is 15.3 Å². The van der Waals surface area contributed by atoms with Crippen LogP contribution in [0.4, 0.5) is 13.2 Å². The molecule has 11 heteroatoms. The van der Waals surface area contributed by atoms with E-state index in [1.165, 1.54) is 6.07 Å². The van der Waals surface area contributed by atoms with E-state index in [4.69, 9.17) is 4.52 Å². The number of carbonyl (C=O) groups excluding carboxylic acids is 1. The van der Waals surface area contributed by atoms with Crippen molar-refractivity contribution in [3.63, 3.8) is 0 Å². The van der Waals surface area contributed by atoms with Gasteiger partial charge < -0.3 is 9.09 Å². The molecule has 0 aliphatic carbocycles. The van der Waals surface area contributed by atoms with Gasteiger partial charge in [-0.15, -0.1) is 16.2 Å². The summed E-state index contributed by atoms with van der Waals surface area (Å²) in [5.41, 5.74) is 1.77. The fourth-order valence-corrected chi connectivity index (χ4v) is 4.60. The first-order chi connectivity index (χ1) is 16.3. The summed E-state index contributed by atoms with van der Waals surface area (Å²) in [4.78, 5) is 25.5. The number of carbonyl (C=O) groups is 1. The summed E-state index contributed by atoms with van der Waals surface area (Å²) in [7, 11) is 0. The first kappa shape index (κ1) is 21.7. The van der Waals surface area contributed by atoms with Crippen LogP contribution in [0.2, 0.25) is 0 Å². The summed E-state index contributed by atoms with van der Waals surface area (Å²) in [6.45, 7) is -0.178. The van der Waals surface area contributed by atoms with Crippen molar-refractivity contribution in [1.82, 2.24) is 14.7 Å². The molecule has 0 aliphatic rings. The maximum Gasteiger partial charge on any atom is 0.426 e. The molecule has 0 N–H and O–H groups in total. The standard InChI is InChI=1S/C23H13F3N4O3S/c24-23(25,26)20-16(13-4-2-1-3-5-13)11-18(34-20)22-27-21(29-33-22)15-6-7-17-14(10-15)8-9-30(17)12-19(31)28-32/h1-11H,12H2. The molecule has 0 aliphatic heterocycles. The largest absolute Gasteiger partial charge is 0.426 e. The lowest BCUT2D eigenvalue weighted by Crippen LogP contribution is -2.05. The summed E-state index contributed by atoms with van der Waals surface area (Å²) in [6.07, 6.45) is -2.88. The molecule has 1 amide bonds. The number of nitroso groups, excluding NO2 is 1. The minimum atomic E-state index is -4.53. The van der Waals surface area contributed by atoms with Gasteiger partial charge in [-0.2, -0.15) is 18.2 Å². The van der Waals surface area contributed by atoms with Crippen LogP contribution >= 0.6 is 11.3 Å². The zero-order valence-electron chi connectivity index (χ0n) is 17.1. The first-order valence-corrected chi connectivity index (χ1v) is 10.7. The molecule has 0 spiro atoms. The van der Waals surface area contributed by atoms with Gasteiger partial charge in [-0.1, -0.05) is 35.5 Å². The maximum atomic E-state index is 13.7. The second-order valence-corrected chi connectivity index (χ2v) is 8.39. The second-order valence-electron chi connectivity index (χ2n) is 7.34. The second kappa shape index (κ2) is 8.34. The summed E-state index contributed by atoms with van der Waals surface area (Å²) in [6, 6.07) is 16.6. The Morgan fingerprint density at radius 3 is 2.59 bits per heavy atom. The third kappa shape index (κ3) is 4.01. The zero-order valence-corrected chi connectivity index (χ0v) is 17.9. The molecule has 5 aromatic rings. The van der Waals surface area contributed by atoms with Gasteiger partial charge in [0.1, 0.15) is 11.4 Å². The number of alkyl halides is 3. The highest BCUT2D eigenvalue weighted by Gasteiger charge is 2.37. The van der Waals surface area contributed by atoms with Crippen molar-refractivity contribution in [1.29, 1.82) is 0 Å². The quantitative estimate of drug-likeness (QED) is 0.271. The molecule has 0 fully saturated rings. The van der Waals surface area contributed by atoms with Gasteiger partial charge in [-0.05, 0) is 35.9 Å². The summed E-state index contributed by atoms with van der Waals surface area (Å²) >= 11 is 0.546. The van der Waals surface area contributed by atoms with Crippen LogP contribution in [-0.2, 0) is 17.5 Å². The molecule has 3 aromatic heterocycles. The lowest BCUT2D eigenvalue weighted by molar-refractivity contribution is -0.133. The Balaban J connectivity index is 1.50. The lowest BCUT2D eigenvalue weighted by atomic mass is 10.1. The van der Waals surface area contributed by atoms with E-state index in [1.807, 2.05) is 0 Å². The topological polar surface area (TPSA) is 90.3 Å². The van der Waals surface area contributed by atoms with Crippen LogP contribution in [0.15, 0.2) is 76.6 Å². The van der Waals surface area contributed by atoms with Crippen molar-refractivity contribution in [3.05, 3.63) is 76.6 Å². The Bertz CT molecular complexity index is 1520. The van der Waals surface area contributed by atoms with Crippen molar-refractivity contribution >= 4 is 28.1 Å². The number of halogens is 3. The van der Waals surface area contributed by atoms with Crippen LogP contribution in [0.3, 0.4) is 0 Å². The number of aromatic nitrogens is 3. The number of benzene rings is 2. The van der Waals surface area contributed by atoms with Crippen molar-refractivity contribution in [2.24, 2.45) is 5.18 Å². The van der Waals surface area contributed by atoms with Crippen molar-refractivity contribution in [3.8, 4) is 33.3 Å². The van der Waals surface area contributed by atoms with Gasteiger partial charge in [0.15, 0.2) is 0 Å². The average Bonchev–Trinajstić information content (AvgIpc) is 3.57. The first-order valence-electron chi connectivity index (χ1n) is 9.89. The summed E-state index contributed by atoms with van der Waals surface area (Å²) in [5.74, 6) is -0.611. The molecule has 0 saturated carbocycles. The number of fused-ring (bicyclic) bond motifs is 1. The van der Waals surface area contributed by atoms with E-state index < -0.39 is 17.0 Å². The molecular weight excluding hydrogens is 469 g/mol. The normalized spacial score (nSPS) is 11.7. The lowest BCUT2D eigenvalue weighted by Gasteiger charge is -2.07. The highest BCUT2D eigenvalue weighted by atomic mass is 32.1. The van der Waals surface area contributed by atoms with Gasteiger partial charge in [-0.3, -0.25) is 4.79 Å². The number of nitrogens with zero attached hydrogens (tertiary/aromatic N) is 4. The molecular formula is C23H13F3N4O3S. The van der Waals surface area contributed by atoms with Crippen molar-refractivity contribution in [2.75, 3.05) is 0 Å².